The molecule has 0 saturated carbocycles. The lowest BCUT2D eigenvalue weighted by molar-refractivity contribution is -0.138. The number of benzene rings is 1. The number of carboxylic acids is 1. The zero-order valence-electron chi connectivity index (χ0n) is 18.3. The maximum Gasteiger partial charge on any atom is 0.305 e. The van der Waals surface area contributed by atoms with Crippen molar-refractivity contribution < 1.29 is 14.7 Å². The number of carbonyl (C=O) groups excluding carboxylic acids is 1. The van der Waals surface area contributed by atoms with E-state index in [2.05, 4.69) is 46.8 Å². The van der Waals surface area contributed by atoms with E-state index in [0.717, 1.165) is 41.0 Å². The second kappa shape index (κ2) is 9.80. The van der Waals surface area contributed by atoms with Gasteiger partial charge in [0.05, 0.1) is 6.42 Å². The van der Waals surface area contributed by atoms with Gasteiger partial charge in [0, 0.05) is 29.6 Å². The molecule has 0 aliphatic carbocycles. The highest BCUT2D eigenvalue weighted by atomic mass is 35.5. The van der Waals surface area contributed by atoms with Gasteiger partial charge in [0.25, 0.3) is 0 Å². The van der Waals surface area contributed by atoms with Crippen molar-refractivity contribution in [2.45, 2.75) is 72.1 Å². The number of aliphatic carboxylic acids is 1. The first kappa shape index (κ1) is 23.5. The number of rotatable bonds is 9. The minimum atomic E-state index is -0.898. The maximum atomic E-state index is 12.8. The molecule has 0 fully saturated rings. The van der Waals surface area contributed by atoms with Crippen LogP contribution in [0.15, 0.2) is 30.0 Å². The summed E-state index contributed by atoms with van der Waals surface area (Å²) in [5, 5.41) is 9.73. The van der Waals surface area contributed by atoms with E-state index in [1.165, 1.54) is 0 Å². The van der Waals surface area contributed by atoms with E-state index in [9.17, 15) is 9.59 Å². The van der Waals surface area contributed by atoms with E-state index < -0.39 is 11.4 Å². The molecule has 160 valence electrons. The van der Waals surface area contributed by atoms with E-state index in [1.54, 1.807) is 4.90 Å². The Morgan fingerprint density at radius 2 is 1.93 bits per heavy atom. The maximum absolute atomic E-state index is 12.8. The lowest BCUT2D eigenvalue weighted by Crippen LogP contribution is -2.42. The fourth-order valence-corrected chi connectivity index (χ4v) is 4.55. The standard InChI is InChI=1S/C24H34ClNO3/c1-6-17(7-2)12-18-8-9-19(13-21(18)25)24(5)14-22(27)26(11-10-23(28)29)15-20(24)16(3)4/h8-9,13,15-17H,6-7,10-12,14H2,1-5H3,(H,28,29)/t24-/m0/s1. The molecule has 0 aromatic heterocycles. The van der Waals surface area contributed by atoms with Gasteiger partial charge in [0.1, 0.15) is 0 Å². The van der Waals surface area contributed by atoms with Crippen molar-refractivity contribution in [2.75, 3.05) is 6.54 Å². The molecule has 0 bridgehead atoms. The second-order valence-corrected chi connectivity index (χ2v) is 9.08. The van der Waals surface area contributed by atoms with Gasteiger partial charge in [-0.25, -0.2) is 0 Å². The van der Waals surface area contributed by atoms with Crippen LogP contribution in [0.25, 0.3) is 0 Å². The highest BCUT2D eigenvalue weighted by Gasteiger charge is 2.40. The molecular formula is C24H34ClNO3. The average Bonchev–Trinajstić information content (AvgIpc) is 2.65. The fraction of sp³-hybridized carbons (Fsp3) is 0.583. The van der Waals surface area contributed by atoms with Crippen molar-refractivity contribution in [3.8, 4) is 0 Å². The Kier molecular flexibility index (Phi) is 7.93. The van der Waals surface area contributed by atoms with Crippen molar-refractivity contribution in [1.82, 2.24) is 4.90 Å². The second-order valence-electron chi connectivity index (χ2n) is 8.67. The minimum Gasteiger partial charge on any atom is -0.481 e. The summed E-state index contributed by atoms with van der Waals surface area (Å²) >= 11 is 6.67. The van der Waals surface area contributed by atoms with Crippen LogP contribution in [0, 0.1) is 11.8 Å². The SMILES string of the molecule is CCC(CC)Cc1ccc([C@]2(C)CC(=O)N(CCC(=O)O)C=C2C(C)C)cc1Cl. The first-order valence-corrected chi connectivity index (χ1v) is 11.0. The van der Waals surface area contributed by atoms with Crippen molar-refractivity contribution >= 4 is 23.5 Å². The molecule has 1 aromatic rings. The van der Waals surface area contributed by atoms with Gasteiger partial charge < -0.3 is 10.0 Å². The number of carboxylic acid groups (broad SMARTS) is 1. The quantitative estimate of drug-likeness (QED) is 0.548. The predicted molar refractivity (Wildman–Crippen MR) is 118 cm³/mol. The molecule has 5 heteroatoms. The number of halogens is 1. The van der Waals surface area contributed by atoms with E-state index >= 15 is 0 Å². The average molecular weight is 420 g/mol. The molecule has 1 heterocycles. The number of allylic oxidation sites excluding steroid dienone is 1. The Morgan fingerprint density at radius 3 is 2.45 bits per heavy atom. The minimum absolute atomic E-state index is 0.0459. The zero-order valence-corrected chi connectivity index (χ0v) is 19.1. The van der Waals surface area contributed by atoms with Gasteiger partial charge >= 0.3 is 5.97 Å². The number of hydrogen-bond donors (Lipinski definition) is 1. The number of nitrogens with zero attached hydrogens (tertiary/aromatic N) is 1. The molecule has 1 N–H and O–H groups in total. The topological polar surface area (TPSA) is 57.6 Å². The molecule has 0 saturated heterocycles. The lowest BCUT2D eigenvalue weighted by atomic mass is 9.68. The predicted octanol–water partition coefficient (Wildman–Crippen LogP) is 5.82. The summed E-state index contributed by atoms with van der Waals surface area (Å²) in [6, 6.07) is 6.25. The normalized spacial score (nSPS) is 19.8. The van der Waals surface area contributed by atoms with Crippen LogP contribution in [0.2, 0.25) is 5.02 Å². The molecule has 1 aliphatic heterocycles. The molecule has 2 rings (SSSR count). The van der Waals surface area contributed by atoms with Crippen LogP contribution >= 0.6 is 11.6 Å². The third kappa shape index (κ3) is 5.42. The Morgan fingerprint density at radius 1 is 1.28 bits per heavy atom. The number of amides is 1. The number of carbonyl (C=O) groups is 2. The smallest absolute Gasteiger partial charge is 0.305 e. The molecule has 0 spiro atoms. The van der Waals surface area contributed by atoms with Crippen LogP contribution in [0.3, 0.4) is 0 Å². The van der Waals surface area contributed by atoms with Crippen molar-refractivity contribution in [1.29, 1.82) is 0 Å². The van der Waals surface area contributed by atoms with Crippen LogP contribution in [0.4, 0.5) is 0 Å². The monoisotopic (exact) mass is 419 g/mol. The molecule has 29 heavy (non-hydrogen) atoms. The summed E-state index contributed by atoms with van der Waals surface area (Å²) in [7, 11) is 0. The van der Waals surface area contributed by atoms with Crippen molar-refractivity contribution in [3.05, 3.63) is 46.1 Å². The van der Waals surface area contributed by atoms with Crippen molar-refractivity contribution in [3.63, 3.8) is 0 Å². The Balaban J connectivity index is 2.38. The van der Waals surface area contributed by atoms with Crippen LogP contribution in [0.1, 0.15) is 71.4 Å². The largest absolute Gasteiger partial charge is 0.481 e. The molecule has 1 aliphatic rings. The summed E-state index contributed by atoms with van der Waals surface area (Å²) in [5.41, 5.74) is 2.89. The summed E-state index contributed by atoms with van der Waals surface area (Å²) in [6.07, 6.45) is 5.36. The third-order valence-corrected chi connectivity index (χ3v) is 6.65. The van der Waals surface area contributed by atoms with E-state index in [1.807, 2.05) is 12.3 Å². The van der Waals surface area contributed by atoms with Crippen LogP contribution in [-0.4, -0.2) is 28.4 Å². The van der Waals surface area contributed by atoms with Gasteiger partial charge in [-0.3, -0.25) is 9.59 Å². The van der Waals surface area contributed by atoms with Gasteiger partial charge in [0.15, 0.2) is 0 Å². The Labute approximate surface area is 179 Å². The lowest BCUT2D eigenvalue weighted by Gasteiger charge is -2.41. The molecule has 4 nitrogen and oxygen atoms in total. The summed E-state index contributed by atoms with van der Waals surface area (Å²) in [5.74, 6) is -0.0941. The first-order chi connectivity index (χ1) is 13.6. The van der Waals surface area contributed by atoms with Gasteiger partial charge in [-0.05, 0) is 41.0 Å². The third-order valence-electron chi connectivity index (χ3n) is 6.30. The van der Waals surface area contributed by atoms with Gasteiger partial charge in [-0.1, -0.05) is 71.2 Å². The van der Waals surface area contributed by atoms with Crippen LogP contribution < -0.4 is 0 Å². The van der Waals surface area contributed by atoms with Gasteiger partial charge in [0.2, 0.25) is 5.91 Å². The van der Waals surface area contributed by atoms with E-state index in [0.29, 0.717) is 12.3 Å². The molecular weight excluding hydrogens is 386 g/mol. The summed E-state index contributed by atoms with van der Waals surface area (Å²) in [4.78, 5) is 25.3. The fourth-order valence-electron chi connectivity index (χ4n) is 4.29. The molecule has 0 radical (unpaired) electrons. The highest BCUT2D eigenvalue weighted by Crippen LogP contribution is 2.43. The number of hydrogen-bond acceptors (Lipinski definition) is 2. The highest BCUT2D eigenvalue weighted by molar-refractivity contribution is 6.31. The zero-order chi connectivity index (χ0) is 21.8. The Bertz CT molecular complexity index is 782. The summed E-state index contributed by atoms with van der Waals surface area (Å²) < 4.78 is 0. The summed E-state index contributed by atoms with van der Waals surface area (Å²) in [6.45, 7) is 10.9. The molecule has 1 aromatic carbocycles. The van der Waals surface area contributed by atoms with Gasteiger partial charge in [-0.2, -0.15) is 0 Å². The van der Waals surface area contributed by atoms with Crippen LogP contribution in [-0.2, 0) is 21.4 Å². The van der Waals surface area contributed by atoms with E-state index in [-0.39, 0.29) is 24.8 Å². The molecule has 1 atom stereocenters. The van der Waals surface area contributed by atoms with E-state index in [4.69, 9.17) is 16.7 Å². The first-order valence-electron chi connectivity index (χ1n) is 10.6. The Hall–Kier alpha value is -1.81. The van der Waals surface area contributed by atoms with Crippen molar-refractivity contribution in [2.24, 2.45) is 11.8 Å². The van der Waals surface area contributed by atoms with Crippen LogP contribution in [0.5, 0.6) is 0 Å². The molecule has 0 unspecified atom stereocenters. The molecule has 1 amide bonds. The van der Waals surface area contributed by atoms with Gasteiger partial charge in [-0.15, -0.1) is 0 Å².